The molecule has 3 nitrogen and oxygen atoms in total. The summed E-state index contributed by atoms with van der Waals surface area (Å²) in [5.41, 5.74) is -0.476. The van der Waals surface area contributed by atoms with Crippen molar-refractivity contribution in [1.82, 2.24) is 4.98 Å². The van der Waals surface area contributed by atoms with Gasteiger partial charge in [-0.3, -0.25) is 4.79 Å². The van der Waals surface area contributed by atoms with E-state index in [-0.39, 0.29) is 21.2 Å². The van der Waals surface area contributed by atoms with E-state index in [1.54, 1.807) is 0 Å². The minimum absolute atomic E-state index is 0.158. The third kappa shape index (κ3) is 3.29. The molecule has 0 spiro atoms. The molecule has 0 fully saturated rings. The minimum Gasteiger partial charge on any atom is -0.403 e. The van der Waals surface area contributed by atoms with Gasteiger partial charge in [-0.2, -0.15) is 0 Å². The number of pyridine rings is 1. The number of rotatable bonds is 3. The third-order valence-corrected chi connectivity index (χ3v) is 2.31. The molecule has 8 heteroatoms. The Bertz CT molecular complexity index is 408. The Kier molecular flexibility index (Phi) is 4.05. The monoisotopic (exact) mass is 349 g/mol. The second-order valence-corrected chi connectivity index (χ2v) is 3.64. The van der Waals surface area contributed by atoms with Gasteiger partial charge in [0.25, 0.3) is 0 Å². The maximum Gasteiger partial charge on any atom is 0.573 e. The summed E-state index contributed by atoms with van der Waals surface area (Å²) in [6, 6.07) is 0.812. The van der Waals surface area contributed by atoms with Crippen LogP contribution in [0.25, 0.3) is 0 Å². The SMILES string of the molecule is O=Cc1nc(I)c(OC(F)(F)F)cc1CF. The summed E-state index contributed by atoms with van der Waals surface area (Å²) in [5, 5.41) is 0. The van der Waals surface area contributed by atoms with Crippen LogP contribution < -0.4 is 4.74 Å². The average Bonchev–Trinajstić information content (AvgIpc) is 2.18. The lowest BCUT2D eigenvalue weighted by atomic mass is 10.2. The second-order valence-electron chi connectivity index (χ2n) is 2.62. The molecular formula is C8H4F4INO2. The predicted octanol–water partition coefficient (Wildman–Crippen LogP) is 2.87. The number of ether oxygens (including phenoxy) is 1. The lowest BCUT2D eigenvalue weighted by molar-refractivity contribution is -0.275. The quantitative estimate of drug-likeness (QED) is 0.365. The topological polar surface area (TPSA) is 39.2 Å². The van der Waals surface area contributed by atoms with Gasteiger partial charge in [0.15, 0.2) is 12.0 Å². The van der Waals surface area contributed by atoms with Crippen molar-refractivity contribution < 1.29 is 27.1 Å². The molecular weight excluding hydrogens is 345 g/mol. The van der Waals surface area contributed by atoms with Crippen molar-refractivity contribution in [3.63, 3.8) is 0 Å². The Morgan fingerprint density at radius 2 is 2.12 bits per heavy atom. The van der Waals surface area contributed by atoms with Gasteiger partial charge in [0, 0.05) is 5.56 Å². The number of carbonyl (C=O) groups excluding carboxylic acids is 1. The third-order valence-electron chi connectivity index (χ3n) is 1.54. The average molecular weight is 349 g/mol. The highest BCUT2D eigenvalue weighted by molar-refractivity contribution is 14.1. The summed E-state index contributed by atoms with van der Waals surface area (Å²) in [7, 11) is 0. The zero-order chi connectivity index (χ0) is 12.3. The van der Waals surface area contributed by atoms with Gasteiger partial charge < -0.3 is 4.74 Å². The number of aldehydes is 1. The van der Waals surface area contributed by atoms with Crippen LogP contribution >= 0.6 is 22.6 Å². The molecule has 0 saturated heterocycles. The Balaban J connectivity index is 3.16. The van der Waals surface area contributed by atoms with Crippen LogP contribution in [-0.4, -0.2) is 17.6 Å². The van der Waals surface area contributed by atoms with Gasteiger partial charge in [-0.05, 0) is 28.7 Å². The van der Waals surface area contributed by atoms with E-state index in [9.17, 15) is 22.4 Å². The fourth-order valence-corrected chi connectivity index (χ4v) is 1.46. The Hall–Kier alpha value is -0.930. The number of halogens is 5. The van der Waals surface area contributed by atoms with Crippen molar-refractivity contribution in [2.75, 3.05) is 0 Å². The molecule has 0 aliphatic rings. The van der Waals surface area contributed by atoms with E-state index in [4.69, 9.17) is 0 Å². The van der Waals surface area contributed by atoms with E-state index in [0.29, 0.717) is 0 Å². The van der Waals surface area contributed by atoms with Gasteiger partial charge in [0.05, 0.1) is 0 Å². The van der Waals surface area contributed by atoms with Crippen LogP contribution in [-0.2, 0) is 6.67 Å². The Morgan fingerprint density at radius 1 is 1.50 bits per heavy atom. The van der Waals surface area contributed by atoms with Gasteiger partial charge in [-0.15, -0.1) is 13.2 Å². The van der Waals surface area contributed by atoms with Gasteiger partial charge in [0.2, 0.25) is 0 Å². The fourth-order valence-electron chi connectivity index (χ4n) is 0.930. The molecule has 0 amide bonds. The second kappa shape index (κ2) is 4.93. The summed E-state index contributed by atoms with van der Waals surface area (Å²) < 4.78 is 51.6. The maximum atomic E-state index is 12.4. The van der Waals surface area contributed by atoms with E-state index < -0.39 is 18.8 Å². The molecule has 0 aliphatic carbocycles. The lowest BCUT2D eigenvalue weighted by Crippen LogP contribution is -2.18. The highest BCUT2D eigenvalue weighted by atomic mass is 127. The van der Waals surface area contributed by atoms with E-state index in [1.807, 2.05) is 0 Å². The van der Waals surface area contributed by atoms with Crippen molar-refractivity contribution in [3.05, 3.63) is 21.0 Å². The first-order valence-corrected chi connectivity index (χ1v) is 4.91. The molecule has 16 heavy (non-hydrogen) atoms. The molecule has 1 aromatic rings. The van der Waals surface area contributed by atoms with Crippen molar-refractivity contribution in [1.29, 1.82) is 0 Å². The lowest BCUT2D eigenvalue weighted by Gasteiger charge is -2.11. The molecule has 1 heterocycles. The number of nitrogens with zero attached hydrogens (tertiary/aromatic N) is 1. The molecule has 0 aliphatic heterocycles. The molecule has 0 unspecified atom stereocenters. The van der Waals surface area contributed by atoms with Crippen molar-refractivity contribution in [2.24, 2.45) is 0 Å². The standard InChI is InChI=1S/C8H4F4INO2/c9-2-4-1-6(16-8(10,11)12)7(13)14-5(4)3-15/h1,3H,2H2. The normalized spacial score (nSPS) is 11.3. The van der Waals surface area contributed by atoms with Crippen LogP contribution in [0.3, 0.4) is 0 Å². The van der Waals surface area contributed by atoms with Crippen molar-refractivity contribution in [3.8, 4) is 5.75 Å². The summed E-state index contributed by atoms with van der Waals surface area (Å²) in [6.07, 6.45) is -4.60. The molecule has 0 atom stereocenters. The molecule has 0 radical (unpaired) electrons. The zero-order valence-corrected chi connectivity index (χ0v) is 9.67. The van der Waals surface area contributed by atoms with Crippen LogP contribution in [0.4, 0.5) is 17.6 Å². The fraction of sp³-hybridized carbons (Fsp3) is 0.250. The smallest absolute Gasteiger partial charge is 0.403 e. The van der Waals surface area contributed by atoms with Gasteiger partial charge in [-0.25, -0.2) is 9.37 Å². The van der Waals surface area contributed by atoms with Gasteiger partial charge in [0.1, 0.15) is 16.1 Å². The highest BCUT2D eigenvalue weighted by Gasteiger charge is 2.32. The molecule has 1 aromatic heterocycles. The first-order valence-electron chi connectivity index (χ1n) is 3.83. The van der Waals surface area contributed by atoms with Crippen LogP contribution in [0.1, 0.15) is 16.1 Å². The van der Waals surface area contributed by atoms with E-state index >= 15 is 0 Å². The summed E-state index contributed by atoms with van der Waals surface area (Å²) >= 11 is 1.46. The number of alkyl halides is 4. The van der Waals surface area contributed by atoms with Crippen LogP contribution in [0.5, 0.6) is 5.75 Å². The molecule has 0 saturated carbocycles. The largest absolute Gasteiger partial charge is 0.573 e. The first-order chi connectivity index (χ1) is 7.37. The molecule has 88 valence electrons. The molecule has 0 aromatic carbocycles. The number of hydrogen-bond acceptors (Lipinski definition) is 3. The number of hydrogen-bond donors (Lipinski definition) is 0. The number of aromatic nitrogens is 1. The minimum atomic E-state index is -4.88. The maximum absolute atomic E-state index is 12.4. The van der Waals surface area contributed by atoms with Crippen LogP contribution in [0.2, 0.25) is 0 Å². The molecule has 0 bridgehead atoms. The highest BCUT2D eigenvalue weighted by Crippen LogP contribution is 2.28. The van der Waals surface area contributed by atoms with E-state index in [2.05, 4.69) is 9.72 Å². The molecule has 1 rings (SSSR count). The Morgan fingerprint density at radius 3 is 2.56 bits per heavy atom. The van der Waals surface area contributed by atoms with Crippen LogP contribution in [0.15, 0.2) is 6.07 Å². The Labute approximate surface area is 101 Å². The summed E-state index contributed by atoms with van der Waals surface area (Å²) in [4.78, 5) is 13.9. The summed E-state index contributed by atoms with van der Waals surface area (Å²) in [5.74, 6) is -0.619. The first kappa shape index (κ1) is 13.1. The van der Waals surface area contributed by atoms with E-state index in [1.165, 1.54) is 22.6 Å². The van der Waals surface area contributed by atoms with E-state index in [0.717, 1.165) is 6.07 Å². The number of carbonyl (C=O) groups is 1. The molecule has 0 N–H and O–H groups in total. The predicted molar refractivity (Wildman–Crippen MR) is 53.8 cm³/mol. The van der Waals surface area contributed by atoms with Crippen molar-refractivity contribution in [2.45, 2.75) is 13.0 Å². The van der Waals surface area contributed by atoms with Gasteiger partial charge >= 0.3 is 6.36 Å². The van der Waals surface area contributed by atoms with Crippen molar-refractivity contribution >= 4 is 28.9 Å². The zero-order valence-electron chi connectivity index (χ0n) is 7.52. The van der Waals surface area contributed by atoms with Crippen LogP contribution in [0, 0.1) is 3.70 Å². The van der Waals surface area contributed by atoms with Gasteiger partial charge in [-0.1, -0.05) is 0 Å². The summed E-state index contributed by atoms with van der Waals surface area (Å²) in [6.45, 7) is -1.09.